The molecule has 3 aromatic carbocycles. The van der Waals surface area contributed by atoms with E-state index in [1.807, 2.05) is 143 Å². The molecule has 0 bridgehead atoms. The number of halogens is 2. The normalized spacial score (nSPS) is 15.4. The molecule has 0 aliphatic carbocycles. The Morgan fingerprint density at radius 1 is 0.776 bits per heavy atom. The fraction of sp³-hybridized carbons (Fsp3) is 0.150. The molecular weight excluding hydrogens is 615 g/mol. The molecule has 7 rings (SSSR count). The van der Waals surface area contributed by atoms with Crippen LogP contribution in [-0.4, -0.2) is 59.9 Å². The summed E-state index contributed by atoms with van der Waals surface area (Å²) in [6.45, 7) is -0.609. The molecule has 0 saturated heterocycles. The van der Waals surface area contributed by atoms with Gasteiger partial charge in [-0.15, -0.1) is 0 Å². The molecule has 2 aromatic heterocycles. The number of phenolic OH excluding ortho intramolecular Hbond substituents is 1. The lowest BCUT2D eigenvalue weighted by atomic mass is 9.84. The SMILES string of the molecule is CC1=CC(/C=C/c2ccc(N(C)C)cc2)=[N+]2C1=C(c1ccc3cccc(O)c3n1)c1c(C)cc(/C=C/c3ccc(N(C)C)cc3)n1[B-]2(F)F. The van der Waals surface area contributed by atoms with E-state index in [1.165, 1.54) is 8.96 Å². The first-order valence-electron chi connectivity index (χ1n) is 16.3. The number of rotatable bonds is 7. The van der Waals surface area contributed by atoms with Crippen molar-refractivity contribution < 1.29 is 18.2 Å². The van der Waals surface area contributed by atoms with Gasteiger partial charge in [0.15, 0.2) is 11.4 Å². The van der Waals surface area contributed by atoms with E-state index in [1.54, 1.807) is 24.3 Å². The van der Waals surface area contributed by atoms with E-state index in [-0.39, 0.29) is 5.75 Å². The van der Waals surface area contributed by atoms with Crippen LogP contribution in [0, 0.1) is 6.92 Å². The van der Waals surface area contributed by atoms with Crippen LogP contribution in [0.4, 0.5) is 20.0 Å². The number of hydrogen-bond donors (Lipinski definition) is 1. The van der Waals surface area contributed by atoms with Crippen LogP contribution in [0.1, 0.15) is 40.7 Å². The number of aromatic nitrogens is 2. The Hall–Kier alpha value is -5.70. The molecule has 49 heavy (non-hydrogen) atoms. The first kappa shape index (κ1) is 31.9. The second-order valence-electron chi connectivity index (χ2n) is 13.1. The summed E-state index contributed by atoms with van der Waals surface area (Å²) in [7, 11) is 7.91. The Bertz CT molecular complexity index is 2270. The summed E-state index contributed by atoms with van der Waals surface area (Å²) in [5.74, 6) is 0.0392. The van der Waals surface area contributed by atoms with Gasteiger partial charge >= 0.3 is 6.97 Å². The minimum Gasteiger partial charge on any atom is -0.506 e. The molecule has 6 nitrogen and oxygen atoms in total. The third-order valence-corrected chi connectivity index (χ3v) is 9.28. The quantitative estimate of drug-likeness (QED) is 0.179. The number of aryl methyl sites for hydroxylation is 1. The molecule has 9 heteroatoms. The Balaban J connectivity index is 1.43. The van der Waals surface area contributed by atoms with Crippen molar-refractivity contribution in [2.45, 2.75) is 13.8 Å². The van der Waals surface area contributed by atoms with Crippen LogP contribution in [-0.2, 0) is 0 Å². The number of pyridine rings is 1. The molecule has 0 atom stereocenters. The number of para-hydroxylation sites is 1. The van der Waals surface area contributed by atoms with Gasteiger partial charge in [0.05, 0.1) is 11.3 Å². The lowest BCUT2D eigenvalue weighted by molar-refractivity contribution is -0.362. The fourth-order valence-electron chi connectivity index (χ4n) is 6.79. The number of aromatic hydroxyl groups is 1. The standard InChI is InChI=1S/C40H38BF2N5O/c1-26-24-33(21-14-28-10-17-31(18-11-28)45(3)4)47-39(26)37(35-23-16-30-8-7-9-36(49)38(30)44-35)40-27(2)25-34(48(40)41(47,42)43)22-15-29-12-19-32(20-13-29)46(5)6/h7-25,49H,1-6H3/b21-14+,22-15+. The topological polar surface area (TPSA) is 47.5 Å². The number of benzene rings is 3. The summed E-state index contributed by atoms with van der Waals surface area (Å²) in [4.78, 5) is 8.91. The molecule has 0 saturated carbocycles. The van der Waals surface area contributed by atoms with Crippen molar-refractivity contribution in [1.29, 1.82) is 0 Å². The predicted molar refractivity (Wildman–Crippen MR) is 200 cm³/mol. The highest BCUT2D eigenvalue weighted by Crippen LogP contribution is 2.45. The van der Waals surface area contributed by atoms with Gasteiger partial charge < -0.3 is 32.5 Å². The minimum absolute atomic E-state index is 0.0392. The maximum Gasteiger partial charge on any atom is 0.737 e. The summed E-state index contributed by atoms with van der Waals surface area (Å²) < 4.78 is 37.0. The minimum atomic E-state index is -4.34. The highest BCUT2D eigenvalue weighted by molar-refractivity contribution is 6.58. The van der Waals surface area contributed by atoms with Crippen molar-refractivity contribution in [2.75, 3.05) is 38.0 Å². The molecule has 246 valence electrons. The number of hydrogen-bond acceptors (Lipinski definition) is 4. The smallest absolute Gasteiger partial charge is 0.506 e. The molecule has 0 fully saturated rings. The average molecular weight is 654 g/mol. The first-order valence-corrected chi connectivity index (χ1v) is 16.3. The second kappa shape index (κ2) is 12.1. The molecule has 0 radical (unpaired) electrons. The monoisotopic (exact) mass is 653 g/mol. The first-order chi connectivity index (χ1) is 23.4. The van der Waals surface area contributed by atoms with Gasteiger partial charge in [-0.25, -0.2) is 4.98 Å². The van der Waals surface area contributed by atoms with E-state index in [2.05, 4.69) is 0 Å². The summed E-state index contributed by atoms with van der Waals surface area (Å²) >= 11 is 0. The predicted octanol–water partition coefficient (Wildman–Crippen LogP) is 8.48. The van der Waals surface area contributed by atoms with E-state index >= 15 is 8.63 Å². The Kier molecular flexibility index (Phi) is 7.86. The molecule has 2 aliphatic rings. The second-order valence-corrected chi connectivity index (χ2v) is 13.1. The van der Waals surface area contributed by atoms with Crippen LogP contribution in [0.2, 0.25) is 0 Å². The van der Waals surface area contributed by atoms with Gasteiger partial charge in [-0.3, -0.25) is 0 Å². The van der Waals surface area contributed by atoms with Crippen molar-refractivity contribution in [2.24, 2.45) is 0 Å². The number of fused-ring (bicyclic) bond motifs is 3. The van der Waals surface area contributed by atoms with E-state index < -0.39 is 6.97 Å². The van der Waals surface area contributed by atoms with Crippen molar-refractivity contribution in [3.63, 3.8) is 0 Å². The number of anilines is 2. The molecule has 2 aliphatic heterocycles. The lowest BCUT2D eigenvalue weighted by Gasteiger charge is -2.33. The zero-order chi connectivity index (χ0) is 34.6. The van der Waals surface area contributed by atoms with Crippen LogP contribution < -0.4 is 9.80 Å². The van der Waals surface area contributed by atoms with Gasteiger partial charge in [-0.1, -0.05) is 48.5 Å². The summed E-state index contributed by atoms with van der Waals surface area (Å²) in [6.07, 6.45) is 9.08. The van der Waals surface area contributed by atoms with Crippen LogP contribution in [0.15, 0.2) is 108 Å². The van der Waals surface area contributed by atoms with Gasteiger partial charge in [-0.2, -0.15) is 0 Å². The fourth-order valence-corrected chi connectivity index (χ4v) is 6.79. The van der Waals surface area contributed by atoms with Gasteiger partial charge in [0.2, 0.25) is 0 Å². The molecule has 1 N–H and O–H groups in total. The summed E-state index contributed by atoms with van der Waals surface area (Å²) in [5.41, 5.74) is 8.48. The van der Waals surface area contributed by atoms with Crippen molar-refractivity contribution >= 4 is 58.8 Å². The zero-order valence-corrected chi connectivity index (χ0v) is 28.5. The van der Waals surface area contributed by atoms with E-state index in [0.29, 0.717) is 50.7 Å². The maximum atomic E-state index is 17.3. The van der Waals surface area contributed by atoms with Crippen molar-refractivity contribution in [3.8, 4) is 5.75 Å². The highest BCUT2D eigenvalue weighted by Gasteiger charge is 2.56. The zero-order valence-electron chi connectivity index (χ0n) is 28.5. The molecule has 5 aromatic rings. The highest BCUT2D eigenvalue weighted by atomic mass is 19.2. The maximum absolute atomic E-state index is 17.3. The Labute approximate surface area is 285 Å². The van der Waals surface area contributed by atoms with Crippen LogP contribution >= 0.6 is 0 Å². The number of nitrogens with zero attached hydrogens (tertiary/aromatic N) is 5. The number of allylic oxidation sites excluding steroid dienone is 3. The van der Waals surface area contributed by atoms with Crippen LogP contribution in [0.5, 0.6) is 5.75 Å². The molecule has 0 amide bonds. The van der Waals surface area contributed by atoms with Crippen LogP contribution in [0.25, 0.3) is 34.7 Å². The van der Waals surface area contributed by atoms with E-state index in [0.717, 1.165) is 27.9 Å². The molecule has 0 spiro atoms. The van der Waals surface area contributed by atoms with Gasteiger partial charge in [0.25, 0.3) is 0 Å². The lowest BCUT2D eigenvalue weighted by Crippen LogP contribution is -2.51. The Morgan fingerprint density at radius 2 is 1.39 bits per heavy atom. The van der Waals surface area contributed by atoms with Crippen molar-refractivity contribution in [3.05, 3.63) is 142 Å². The molecular formula is C40H38BF2N5O. The van der Waals surface area contributed by atoms with E-state index in [4.69, 9.17) is 4.98 Å². The summed E-state index contributed by atoms with van der Waals surface area (Å²) in [6, 6.07) is 26.7. The number of phenols is 1. The third kappa shape index (κ3) is 5.55. The molecule has 0 unspecified atom stereocenters. The van der Waals surface area contributed by atoms with E-state index in [9.17, 15) is 5.11 Å². The summed E-state index contributed by atoms with van der Waals surface area (Å²) in [5, 5.41) is 11.5. The third-order valence-electron chi connectivity index (χ3n) is 9.28. The Morgan fingerprint density at radius 3 is 2.00 bits per heavy atom. The van der Waals surface area contributed by atoms with Crippen LogP contribution in [0.3, 0.4) is 0 Å². The van der Waals surface area contributed by atoms with Crippen molar-refractivity contribution in [1.82, 2.24) is 9.46 Å². The molecule has 4 heterocycles. The average Bonchev–Trinajstić information content (AvgIpc) is 3.60. The van der Waals surface area contributed by atoms with Gasteiger partial charge in [-0.05, 0) is 85.2 Å². The van der Waals surface area contributed by atoms with Gasteiger partial charge in [0, 0.05) is 74.1 Å². The largest absolute Gasteiger partial charge is 0.737 e. The van der Waals surface area contributed by atoms with Gasteiger partial charge in [0.1, 0.15) is 11.3 Å².